The van der Waals surface area contributed by atoms with Crippen molar-refractivity contribution >= 4 is 22.6 Å². The van der Waals surface area contributed by atoms with Gasteiger partial charge in [-0.1, -0.05) is 49.4 Å². The Kier molecular flexibility index (Phi) is 4.99. The first-order valence-electron chi connectivity index (χ1n) is 6.70. The first-order chi connectivity index (χ1) is 9.11. The first-order valence-corrected chi connectivity index (χ1v) is 7.78. The number of benzene rings is 2. The molecule has 2 heteroatoms. The van der Waals surface area contributed by atoms with E-state index in [1.54, 1.807) is 0 Å². The molecule has 0 aliphatic heterocycles. The fraction of sp³-hybridized carbons (Fsp3) is 0.294. The molecule has 0 saturated heterocycles. The van der Waals surface area contributed by atoms with Crippen molar-refractivity contribution in [3.05, 3.63) is 68.3 Å². The largest absolute Gasteiger partial charge is 0.324 e. The molecule has 0 radical (unpaired) electrons. The topological polar surface area (TPSA) is 26.0 Å². The molecular formula is C17H20IN. The van der Waals surface area contributed by atoms with E-state index in [0.29, 0.717) is 0 Å². The second-order valence-corrected chi connectivity index (χ2v) is 6.04. The SMILES string of the molecule is CCc1ccc(CC(N)c2cccc(C)c2I)cc1. The summed E-state index contributed by atoms with van der Waals surface area (Å²) < 4.78 is 1.29. The first kappa shape index (κ1) is 14.5. The van der Waals surface area contributed by atoms with E-state index < -0.39 is 0 Å². The van der Waals surface area contributed by atoms with Crippen LogP contribution in [0.3, 0.4) is 0 Å². The quantitative estimate of drug-likeness (QED) is 0.799. The van der Waals surface area contributed by atoms with Crippen LogP contribution in [-0.2, 0) is 12.8 Å². The Hall–Kier alpha value is -0.870. The van der Waals surface area contributed by atoms with Gasteiger partial charge in [0.25, 0.3) is 0 Å². The van der Waals surface area contributed by atoms with Crippen molar-refractivity contribution < 1.29 is 0 Å². The summed E-state index contributed by atoms with van der Waals surface area (Å²) in [6.45, 7) is 4.31. The molecule has 2 rings (SSSR count). The normalized spacial score (nSPS) is 12.4. The lowest BCUT2D eigenvalue weighted by molar-refractivity contribution is 0.716. The van der Waals surface area contributed by atoms with Gasteiger partial charge in [0.1, 0.15) is 0 Å². The maximum absolute atomic E-state index is 6.36. The number of rotatable bonds is 4. The molecule has 0 aromatic heterocycles. The lowest BCUT2D eigenvalue weighted by Gasteiger charge is -2.15. The van der Waals surface area contributed by atoms with Crippen LogP contribution in [0.25, 0.3) is 0 Å². The number of halogens is 1. The number of hydrogen-bond acceptors (Lipinski definition) is 1. The highest BCUT2D eigenvalue weighted by atomic mass is 127. The summed E-state index contributed by atoms with van der Waals surface area (Å²) in [5, 5.41) is 0. The molecule has 0 aliphatic rings. The van der Waals surface area contributed by atoms with Crippen LogP contribution in [0.4, 0.5) is 0 Å². The third-order valence-corrected chi connectivity index (χ3v) is 4.98. The molecule has 1 atom stereocenters. The number of aryl methyl sites for hydroxylation is 2. The van der Waals surface area contributed by atoms with Crippen LogP contribution in [0.5, 0.6) is 0 Å². The van der Waals surface area contributed by atoms with Crippen molar-refractivity contribution in [2.75, 3.05) is 0 Å². The van der Waals surface area contributed by atoms with E-state index in [0.717, 1.165) is 12.8 Å². The third-order valence-electron chi connectivity index (χ3n) is 3.51. The van der Waals surface area contributed by atoms with Gasteiger partial charge >= 0.3 is 0 Å². The molecule has 1 nitrogen and oxygen atoms in total. The van der Waals surface area contributed by atoms with E-state index in [2.05, 4.69) is 78.9 Å². The predicted octanol–water partition coefficient (Wildman–Crippen LogP) is 4.40. The molecule has 2 aromatic carbocycles. The van der Waals surface area contributed by atoms with Crippen molar-refractivity contribution in [1.82, 2.24) is 0 Å². The second-order valence-electron chi connectivity index (χ2n) is 4.96. The fourth-order valence-corrected chi connectivity index (χ4v) is 2.99. The van der Waals surface area contributed by atoms with Crippen LogP contribution in [0.2, 0.25) is 0 Å². The summed E-state index contributed by atoms with van der Waals surface area (Å²) in [7, 11) is 0. The molecule has 19 heavy (non-hydrogen) atoms. The zero-order valence-electron chi connectivity index (χ0n) is 11.5. The summed E-state index contributed by atoms with van der Waals surface area (Å²) in [6, 6.07) is 15.2. The molecule has 0 aliphatic carbocycles. The number of nitrogens with two attached hydrogens (primary N) is 1. The van der Waals surface area contributed by atoms with Gasteiger partial charge in [-0.2, -0.15) is 0 Å². The Labute approximate surface area is 129 Å². The molecule has 0 bridgehead atoms. The predicted molar refractivity (Wildman–Crippen MR) is 90.3 cm³/mol. The van der Waals surface area contributed by atoms with Gasteiger partial charge in [0.15, 0.2) is 0 Å². The molecule has 0 spiro atoms. The molecule has 0 amide bonds. The standard InChI is InChI=1S/C17H20IN/c1-3-13-7-9-14(10-8-13)11-16(19)15-6-4-5-12(2)17(15)18/h4-10,16H,3,11,19H2,1-2H3. The van der Waals surface area contributed by atoms with Crippen molar-refractivity contribution in [2.24, 2.45) is 5.73 Å². The van der Waals surface area contributed by atoms with Crippen LogP contribution < -0.4 is 5.73 Å². The Morgan fingerprint density at radius 1 is 1.05 bits per heavy atom. The lowest BCUT2D eigenvalue weighted by atomic mass is 9.97. The van der Waals surface area contributed by atoms with Crippen molar-refractivity contribution in [2.45, 2.75) is 32.7 Å². The zero-order valence-corrected chi connectivity index (χ0v) is 13.6. The van der Waals surface area contributed by atoms with Gasteiger partial charge in [-0.05, 0) is 64.6 Å². The molecule has 2 N–H and O–H groups in total. The maximum atomic E-state index is 6.36. The van der Waals surface area contributed by atoms with Gasteiger partial charge < -0.3 is 5.73 Å². The van der Waals surface area contributed by atoms with E-state index in [1.807, 2.05) is 0 Å². The molecule has 100 valence electrons. The van der Waals surface area contributed by atoms with E-state index in [1.165, 1.54) is 25.8 Å². The average Bonchev–Trinajstić information content (AvgIpc) is 2.42. The van der Waals surface area contributed by atoms with Gasteiger partial charge in [0.05, 0.1) is 0 Å². The second kappa shape index (κ2) is 6.53. The van der Waals surface area contributed by atoms with Gasteiger partial charge in [0.2, 0.25) is 0 Å². The highest BCUT2D eigenvalue weighted by molar-refractivity contribution is 14.1. The Morgan fingerprint density at radius 2 is 1.68 bits per heavy atom. The maximum Gasteiger partial charge on any atom is 0.0346 e. The minimum atomic E-state index is 0.0688. The van der Waals surface area contributed by atoms with Crippen LogP contribution in [0, 0.1) is 10.5 Å². The third kappa shape index (κ3) is 3.57. The van der Waals surface area contributed by atoms with E-state index in [-0.39, 0.29) is 6.04 Å². The summed E-state index contributed by atoms with van der Waals surface area (Å²) in [5.41, 5.74) is 11.6. The fourth-order valence-electron chi connectivity index (χ4n) is 2.23. The van der Waals surface area contributed by atoms with Gasteiger partial charge in [0, 0.05) is 9.61 Å². The Morgan fingerprint density at radius 3 is 2.32 bits per heavy atom. The number of hydrogen-bond donors (Lipinski definition) is 1. The highest BCUT2D eigenvalue weighted by Gasteiger charge is 2.11. The monoisotopic (exact) mass is 365 g/mol. The Balaban J connectivity index is 2.15. The summed E-state index contributed by atoms with van der Waals surface area (Å²) in [5.74, 6) is 0. The van der Waals surface area contributed by atoms with Crippen molar-refractivity contribution in [3.63, 3.8) is 0 Å². The summed E-state index contributed by atoms with van der Waals surface area (Å²) >= 11 is 2.39. The average molecular weight is 365 g/mol. The molecule has 0 heterocycles. The van der Waals surface area contributed by atoms with Gasteiger partial charge in [-0.3, -0.25) is 0 Å². The molecule has 0 fully saturated rings. The lowest BCUT2D eigenvalue weighted by Crippen LogP contribution is -2.15. The molecular weight excluding hydrogens is 345 g/mol. The molecule has 2 aromatic rings. The van der Waals surface area contributed by atoms with Crippen LogP contribution in [0.15, 0.2) is 42.5 Å². The minimum Gasteiger partial charge on any atom is -0.324 e. The summed E-state index contributed by atoms with van der Waals surface area (Å²) in [6.07, 6.45) is 1.98. The van der Waals surface area contributed by atoms with Crippen molar-refractivity contribution in [3.8, 4) is 0 Å². The van der Waals surface area contributed by atoms with E-state index >= 15 is 0 Å². The Bertz CT molecular complexity index is 546. The summed E-state index contributed by atoms with van der Waals surface area (Å²) in [4.78, 5) is 0. The van der Waals surface area contributed by atoms with Crippen LogP contribution >= 0.6 is 22.6 Å². The van der Waals surface area contributed by atoms with Crippen LogP contribution in [-0.4, -0.2) is 0 Å². The molecule has 1 unspecified atom stereocenters. The van der Waals surface area contributed by atoms with Gasteiger partial charge in [-0.25, -0.2) is 0 Å². The van der Waals surface area contributed by atoms with E-state index in [9.17, 15) is 0 Å². The smallest absolute Gasteiger partial charge is 0.0346 e. The van der Waals surface area contributed by atoms with Gasteiger partial charge in [-0.15, -0.1) is 0 Å². The molecule has 0 saturated carbocycles. The van der Waals surface area contributed by atoms with E-state index in [4.69, 9.17) is 5.73 Å². The van der Waals surface area contributed by atoms with Crippen LogP contribution in [0.1, 0.15) is 35.2 Å². The minimum absolute atomic E-state index is 0.0688. The highest BCUT2D eigenvalue weighted by Crippen LogP contribution is 2.24. The van der Waals surface area contributed by atoms with Crippen molar-refractivity contribution in [1.29, 1.82) is 0 Å². The zero-order chi connectivity index (χ0) is 13.8.